The normalized spacial score (nSPS) is 14.5. The van der Waals surface area contributed by atoms with Gasteiger partial charge in [-0.2, -0.15) is 0 Å². The molecule has 0 spiro atoms. The molecule has 0 saturated carbocycles. The van der Waals surface area contributed by atoms with Crippen molar-refractivity contribution >= 4 is 0 Å². The maximum Gasteiger partial charge on any atom is 0.118 e. The second-order valence-electron chi connectivity index (χ2n) is 4.46. The van der Waals surface area contributed by atoms with E-state index in [-0.39, 0.29) is 6.10 Å². The van der Waals surface area contributed by atoms with Crippen LogP contribution in [0.15, 0.2) is 24.3 Å². The highest BCUT2D eigenvalue weighted by atomic mass is 16.5. The smallest absolute Gasteiger partial charge is 0.118 e. The zero-order valence-corrected chi connectivity index (χ0v) is 10.4. The minimum atomic E-state index is -0.233. The maximum atomic E-state index is 9.90. The average Bonchev–Trinajstić information content (AvgIpc) is 2.29. The van der Waals surface area contributed by atoms with Crippen molar-refractivity contribution in [1.29, 1.82) is 0 Å². The number of methoxy groups -OCH3 is 1. The number of ether oxygens (including phenoxy) is 1. The standard InChI is InChI=1S/C14H22O2/c1-4-11(2)9-13(15)10-12-5-7-14(16-3)8-6-12/h5-8,11,13,15H,4,9-10H2,1-3H3. The Balaban J connectivity index is 2.46. The molecule has 2 nitrogen and oxygen atoms in total. The second-order valence-corrected chi connectivity index (χ2v) is 4.46. The van der Waals surface area contributed by atoms with E-state index >= 15 is 0 Å². The Morgan fingerprint density at radius 2 is 1.88 bits per heavy atom. The lowest BCUT2D eigenvalue weighted by atomic mass is 9.97. The van der Waals surface area contributed by atoms with E-state index in [1.54, 1.807) is 7.11 Å². The third-order valence-corrected chi connectivity index (χ3v) is 3.00. The molecule has 2 atom stereocenters. The lowest BCUT2D eigenvalue weighted by Gasteiger charge is -2.15. The van der Waals surface area contributed by atoms with Crippen molar-refractivity contribution in [1.82, 2.24) is 0 Å². The van der Waals surface area contributed by atoms with Crippen molar-refractivity contribution in [2.45, 2.75) is 39.2 Å². The molecule has 0 amide bonds. The summed E-state index contributed by atoms with van der Waals surface area (Å²) in [4.78, 5) is 0. The summed E-state index contributed by atoms with van der Waals surface area (Å²) in [6.07, 6.45) is 2.50. The quantitative estimate of drug-likeness (QED) is 0.801. The molecule has 1 rings (SSSR count). The van der Waals surface area contributed by atoms with Gasteiger partial charge in [-0.1, -0.05) is 32.4 Å². The Kier molecular flexibility index (Phi) is 5.33. The summed E-state index contributed by atoms with van der Waals surface area (Å²) in [6, 6.07) is 7.90. The van der Waals surface area contributed by atoms with Crippen LogP contribution in [-0.4, -0.2) is 18.3 Å². The average molecular weight is 222 g/mol. The zero-order valence-electron chi connectivity index (χ0n) is 10.4. The van der Waals surface area contributed by atoms with Crippen LogP contribution in [0.2, 0.25) is 0 Å². The van der Waals surface area contributed by atoms with Crippen molar-refractivity contribution in [2.75, 3.05) is 7.11 Å². The van der Waals surface area contributed by atoms with E-state index in [2.05, 4.69) is 13.8 Å². The van der Waals surface area contributed by atoms with Gasteiger partial charge < -0.3 is 9.84 Å². The molecule has 0 aliphatic heterocycles. The SMILES string of the molecule is CCC(C)CC(O)Cc1ccc(OC)cc1. The molecule has 0 bridgehead atoms. The minimum absolute atomic E-state index is 0.233. The molecule has 1 aromatic rings. The lowest BCUT2D eigenvalue weighted by Crippen LogP contribution is -2.14. The molecular weight excluding hydrogens is 200 g/mol. The van der Waals surface area contributed by atoms with Crippen LogP contribution in [0.4, 0.5) is 0 Å². The summed E-state index contributed by atoms with van der Waals surface area (Å²) < 4.78 is 5.09. The highest BCUT2D eigenvalue weighted by molar-refractivity contribution is 5.27. The molecule has 0 radical (unpaired) electrons. The molecule has 1 aromatic carbocycles. The van der Waals surface area contributed by atoms with Crippen LogP contribution in [0, 0.1) is 5.92 Å². The number of benzene rings is 1. The highest BCUT2D eigenvalue weighted by Crippen LogP contribution is 2.16. The monoisotopic (exact) mass is 222 g/mol. The van der Waals surface area contributed by atoms with E-state index < -0.39 is 0 Å². The summed E-state index contributed by atoms with van der Waals surface area (Å²) in [7, 11) is 1.66. The van der Waals surface area contributed by atoms with E-state index in [4.69, 9.17) is 4.74 Å². The fourth-order valence-corrected chi connectivity index (χ4v) is 1.75. The van der Waals surface area contributed by atoms with Crippen molar-refractivity contribution in [3.63, 3.8) is 0 Å². The van der Waals surface area contributed by atoms with Gasteiger partial charge in [0.05, 0.1) is 13.2 Å². The van der Waals surface area contributed by atoms with E-state index in [0.717, 1.165) is 30.6 Å². The number of rotatable bonds is 6. The molecule has 16 heavy (non-hydrogen) atoms. The van der Waals surface area contributed by atoms with Gasteiger partial charge in [0.15, 0.2) is 0 Å². The number of aliphatic hydroxyl groups is 1. The molecule has 90 valence electrons. The Morgan fingerprint density at radius 3 is 2.38 bits per heavy atom. The van der Waals surface area contributed by atoms with Gasteiger partial charge in [-0.05, 0) is 36.5 Å². The summed E-state index contributed by atoms with van der Waals surface area (Å²) in [5.74, 6) is 1.45. The number of hydrogen-bond donors (Lipinski definition) is 1. The molecule has 0 aromatic heterocycles. The number of hydrogen-bond acceptors (Lipinski definition) is 2. The van der Waals surface area contributed by atoms with Gasteiger partial charge in [0.2, 0.25) is 0 Å². The highest BCUT2D eigenvalue weighted by Gasteiger charge is 2.09. The topological polar surface area (TPSA) is 29.5 Å². The van der Waals surface area contributed by atoms with Crippen LogP contribution in [0.1, 0.15) is 32.3 Å². The molecule has 0 saturated heterocycles. The first-order chi connectivity index (χ1) is 7.65. The third kappa shape index (κ3) is 4.23. The Labute approximate surface area is 98.3 Å². The predicted molar refractivity (Wildman–Crippen MR) is 66.8 cm³/mol. The molecule has 0 heterocycles. The first-order valence-electron chi connectivity index (χ1n) is 5.96. The summed E-state index contributed by atoms with van der Waals surface area (Å²) in [6.45, 7) is 4.34. The van der Waals surface area contributed by atoms with Crippen LogP contribution >= 0.6 is 0 Å². The van der Waals surface area contributed by atoms with Crippen molar-refractivity contribution < 1.29 is 9.84 Å². The van der Waals surface area contributed by atoms with Gasteiger partial charge in [0.25, 0.3) is 0 Å². The van der Waals surface area contributed by atoms with Crippen molar-refractivity contribution in [3.8, 4) is 5.75 Å². The molecule has 2 heteroatoms. The van der Waals surface area contributed by atoms with Crippen molar-refractivity contribution in [3.05, 3.63) is 29.8 Å². The van der Waals surface area contributed by atoms with Crippen LogP contribution < -0.4 is 4.74 Å². The van der Waals surface area contributed by atoms with Gasteiger partial charge in [-0.3, -0.25) is 0 Å². The van der Waals surface area contributed by atoms with Gasteiger partial charge in [0, 0.05) is 0 Å². The molecule has 2 unspecified atom stereocenters. The molecule has 0 aliphatic carbocycles. The van der Waals surface area contributed by atoms with Crippen LogP contribution in [-0.2, 0) is 6.42 Å². The second kappa shape index (κ2) is 6.54. The van der Waals surface area contributed by atoms with Crippen LogP contribution in [0.25, 0.3) is 0 Å². The molecule has 0 aliphatic rings. The summed E-state index contributed by atoms with van der Waals surface area (Å²) in [5.41, 5.74) is 1.16. The maximum absolute atomic E-state index is 9.90. The first kappa shape index (κ1) is 13.0. The Hall–Kier alpha value is -1.02. The number of aliphatic hydroxyl groups excluding tert-OH is 1. The fraction of sp³-hybridized carbons (Fsp3) is 0.571. The lowest BCUT2D eigenvalue weighted by molar-refractivity contribution is 0.144. The first-order valence-corrected chi connectivity index (χ1v) is 5.96. The minimum Gasteiger partial charge on any atom is -0.497 e. The predicted octanol–water partition coefficient (Wildman–Crippen LogP) is 3.03. The van der Waals surface area contributed by atoms with Crippen LogP contribution in [0.5, 0.6) is 5.75 Å². The largest absolute Gasteiger partial charge is 0.497 e. The van der Waals surface area contributed by atoms with E-state index in [1.807, 2.05) is 24.3 Å². The van der Waals surface area contributed by atoms with Crippen LogP contribution in [0.3, 0.4) is 0 Å². The zero-order chi connectivity index (χ0) is 12.0. The Bertz CT molecular complexity index is 292. The summed E-state index contributed by atoms with van der Waals surface area (Å²) in [5, 5.41) is 9.90. The van der Waals surface area contributed by atoms with E-state index in [9.17, 15) is 5.11 Å². The fourth-order valence-electron chi connectivity index (χ4n) is 1.75. The van der Waals surface area contributed by atoms with E-state index in [1.165, 1.54) is 0 Å². The summed E-state index contributed by atoms with van der Waals surface area (Å²) >= 11 is 0. The molecule has 1 N–H and O–H groups in total. The van der Waals surface area contributed by atoms with Gasteiger partial charge in [-0.15, -0.1) is 0 Å². The van der Waals surface area contributed by atoms with E-state index in [0.29, 0.717) is 5.92 Å². The van der Waals surface area contributed by atoms with Crippen molar-refractivity contribution in [2.24, 2.45) is 5.92 Å². The molecule has 0 fully saturated rings. The van der Waals surface area contributed by atoms with Gasteiger partial charge >= 0.3 is 0 Å². The third-order valence-electron chi connectivity index (χ3n) is 3.00. The Morgan fingerprint density at radius 1 is 1.25 bits per heavy atom. The van der Waals surface area contributed by atoms with Gasteiger partial charge in [0.1, 0.15) is 5.75 Å². The molecular formula is C14H22O2. The van der Waals surface area contributed by atoms with Gasteiger partial charge in [-0.25, -0.2) is 0 Å².